The molecular formula is C20H27N5O2. The van der Waals surface area contributed by atoms with Crippen molar-refractivity contribution >= 4 is 5.91 Å². The normalized spacial score (nSPS) is 20.3. The summed E-state index contributed by atoms with van der Waals surface area (Å²) in [6.45, 7) is 4.57. The summed E-state index contributed by atoms with van der Waals surface area (Å²) in [6.07, 6.45) is 4.97. The topological polar surface area (TPSA) is 63.5 Å². The van der Waals surface area contributed by atoms with Crippen LogP contribution in [0.2, 0.25) is 0 Å². The second kappa shape index (κ2) is 8.19. The number of carbonyl (C=O) groups excluding carboxylic acids is 1. The number of hydrogen-bond donors (Lipinski definition) is 0. The quantitative estimate of drug-likeness (QED) is 0.806. The molecule has 0 bridgehead atoms. The molecule has 0 spiro atoms. The van der Waals surface area contributed by atoms with E-state index in [1.54, 1.807) is 6.20 Å². The van der Waals surface area contributed by atoms with Gasteiger partial charge in [0.15, 0.2) is 5.69 Å². The Morgan fingerprint density at radius 1 is 1.33 bits per heavy atom. The van der Waals surface area contributed by atoms with Crippen LogP contribution in [0.15, 0.2) is 30.5 Å². The van der Waals surface area contributed by atoms with Crippen molar-refractivity contribution in [2.24, 2.45) is 0 Å². The van der Waals surface area contributed by atoms with Gasteiger partial charge in [-0.1, -0.05) is 6.07 Å². The Kier molecular flexibility index (Phi) is 5.50. The van der Waals surface area contributed by atoms with Gasteiger partial charge in [-0.3, -0.25) is 14.5 Å². The maximum Gasteiger partial charge on any atom is 0.274 e. The Bertz CT molecular complexity index is 770. The summed E-state index contributed by atoms with van der Waals surface area (Å²) in [5.41, 5.74) is 2.51. The van der Waals surface area contributed by atoms with Crippen molar-refractivity contribution in [2.75, 3.05) is 26.7 Å². The van der Waals surface area contributed by atoms with E-state index in [1.807, 2.05) is 33.8 Å². The molecule has 0 saturated carbocycles. The second-order valence-electron chi connectivity index (χ2n) is 7.48. The summed E-state index contributed by atoms with van der Waals surface area (Å²) >= 11 is 0. The van der Waals surface area contributed by atoms with Crippen LogP contribution in [0.25, 0.3) is 0 Å². The van der Waals surface area contributed by atoms with E-state index in [0.29, 0.717) is 18.8 Å². The predicted octanol–water partition coefficient (Wildman–Crippen LogP) is 1.93. The van der Waals surface area contributed by atoms with E-state index in [9.17, 15) is 4.79 Å². The molecule has 1 saturated heterocycles. The first kappa shape index (κ1) is 18.1. The van der Waals surface area contributed by atoms with Crippen LogP contribution in [-0.4, -0.2) is 63.3 Å². The molecule has 0 aliphatic carbocycles. The maximum absolute atomic E-state index is 13.3. The predicted molar refractivity (Wildman–Crippen MR) is 101 cm³/mol. The molecule has 2 aromatic heterocycles. The monoisotopic (exact) mass is 369 g/mol. The van der Waals surface area contributed by atoms with Gasteiger partial charge in [-0.15, -0.1) is 0 Å². The highest BCUT2D eigenvalue weighted by molar-refractivity contribution is 5.92. The van der Waals surface area contributed by atoms with Crippen LogP contribution in [-0.2, 0) is 24.4 Å². The van der Waals surface area contributed by atoms with Gasteiger partial charge in [0.25, 0.3) is 5.91 Å². The smallest absolute Gasteiger partial charge is 0.274 e. The lowest BCUT2D eigenvalue weighted by Gasteiger charge is -2.24. The zero-order chi connectivity index (χ0) is 18.6. The van der Waals surface area contributed by atoms with E-state index < -0.39 is 0 Å². The fourth-order valence-corrected chi connectivity index (χ4v) is 3.83. The van der Waals surface area contributed by atoms with Crippen molar-refractivity contribution < 1.29 is 9.53 Å². The third kappa shape index (κ3) is 4.36. The molecule has 0 radical (unpaired) electrons. The Labute approximate surface area is 159 Å². The zero-order valence-electron chi connectivity index (χ0n) is 15.9. The summed E-state index contributed by atoms with van der Waals surface area (Å²) in [5, 5.41) is 4.62. The Morgan fingerprint density at radius 3 is 3.04 bits per heavy atom. The van der Waals surface area contributed by atoms with E-state index in [-0.39, 0.29) is 12.0 Å². The molecule has 0 N–H and O–H groups in total. The number of rotatable bonds is 5. The van der Waals surface area contributed by atoms with Crippen LogP contribution in [0.5, 0.6) is 0 Å². The zero-order valence-corrected chi connectivity index (χ0v) is 15.9. The summed E-state index contributed by atoms with van der Waals surface area (Å²) in [7, 11) is 2.11. The fraction of sp³-hybridized carbons (Fsp3) is 0.550. The number of aromatic nitrogens is 3. The lowest BCUT2D eigenvalue weighted by atomic mass is 10.2. The first-order valence-electron chi connectivity index (χ1n) is 9.75. The third-order valence-electron chi connectivity index (χ3n) is 5.24. The number of nitrogens with zero attached hydrogens (tertiary/aromatic N) is 5. The third-order valence-corrected chi connectivity index (χ3v) is 5.24. The van der Waals surface area contributed by atoms with Gasteiger partial charge in [-0.2, -0.15) is 5.10 Å². The van der Waals surface area contributed by atoms with E-state index in [4.69, 9.17) is 4.74 Å². The Balaban J connectivity index is 1.55. The van der Waals surface area contributed by atoms with Gasteiger partial charge < -0.3 is 14.5 Å². The minimum Gasteiger partial charge on any atom is -0.376 e. The number of pyridine rings is 1. The van der Waals surface area contributed by atoms with Gasteiger partial charge >= 0.3 is 0 Å². The minimum atomic E-state index is -0.0422. The van der Waals surface area contributed by atoms with Crippen molar-refractivity contribution in [1.82, 2.24) is 24.6 Å². The van der Waals surface area contributed by atoms with Crippen molar-refractivity contribution in [2.45, 2.75) is 45.0 Å². The molecule has 4 rings (SSSR count). The average Bonchev–Trinajstić information content (AvgIpc) is 3.28. The molecule has 4 heterocycles. The van der Waals surface area contributed by atoms with Gasteiger partial charge in [-0.25, -0.2) is 0 Å². The SMILES string of the molecule is CN1CCCn2nc(C(=O)N(Cc3ccccn3)C[C@@H]3CCCO3)cc2C1. The number of ether oxygens (including phenoxy) is 1. The van der Waals surface area contributed by atoms with E-state index in [0.717, 1.165) is 56.9 Å². The van der Waals surface area contributed by atoms with Crippen LogP contribution in [0, 0.1) is 0 Å². The van der Waals surface area contributed by atoms with Crippen LogP contribution in [0.1, 0.15) is 41.1 Å². The van der Waals surface area contributed by atoms with Crippen molar-refractivity contribution in [3.8, 4) is 0 Å². The van der Waals surface area contributed by atoms with E-state index >= 15 is 0 Å². The second-order valence-corrected chi connectivity index (χ2v) is 7.48. The first-order chi connectivity index (χ1) is 13.2. The van der Waals surface area contributed by atoms with Crippen molar-refractivity contribution in [1.29, 1.82) is 0 Å². The number of hydrogen-bond acceptors (Lipinski definition) is 5. The molecular weight excluding hydrogens is 342 g/mol. The molecule has 7 heteroatoms. The molecule has 0 unspecified atom stereocenters. The molecule has 27 heavy (non-hydrogen) atoms. The summed E-state index contributed by atoms with van der Waals surface area (Å²) in [4.78, 5) is 21.8. The van der Waals surface area contributed by atoms with E-state index in [1.165, 1.54) is 0 Å². The van der Waals surface area contributed by atoms with Crippen LogP contribution in [0.4, 0.5) is 0 Å². The molecule has 0 aromatic carbocycles. The lowest BCUT2D eigenvalue weighted by Crippen LogP contribution is -2.37. The minimum absolute atomic E-state index is 0.0422. The molecule has 2 aliphatic heterocycles. The molecule has 7 nitrogen and oxygen atoms in total. The molecule has 2 aromatic rings. The molecule has 1 fully saturated rings. The number of carbonyl (C=O) groups is 1. The Hall–Kier alpha value is -2.25. The van der Waals surface area contributed by atoms with Gasteiger partial charge in [0.1, 0.15) is 0 Å². The largest absolute Gasteiger partial charge is 0.376 e. The van der Waals surface area contributed by atoms with Gasteiger partial charge in [0, 0.05) is 39.0 Å². The highest BCUT2D eigenvalue weighted by Crippen LogP contribution is 2.18. The van der Waals surface area contributed by atoms with Crippen molar-refractivity contribution in [3.63, 3.8) is 0 Å². The summed E-state index contributed by atoms with van der Waals surface area (Å²) < 4.78 is 7.76. The first-order valence-corrected chi connectivity index (χ1v) is 9.75. The lowest BCUT2D eigenvalue weighted by molar-refractivity contribution is 0.0499. The van der Waals surface area contributed by atoms with Gasteiger partial charge in [0.2, 0.25) is 0 Å². The number of aryl methyl sites for hydroxylation is 1. The Morgan fingerprint density at radius 2 is 2.26 bits per heavy atom. The van der Waals surface area contributed by atoms with Crippen LogP contribution >= 0.6 is 0 Å². The summed E-state index contributed by atoms with van der Waals surface area (Å²) in [6, 6.07) is 7.74. The average molecular weight is 369 g/mol. The fourth-order valence-electron chi connectivity index (χ4n) is 3.83. The number of fused-ring (bicyclic) bond motifs is 1. The highest BCUT2D eigenvalue weighted by Gasteiger charge is 2.26. The van der Waals surface area contributed by atoms with Crippen LogP contribution < -0.4 is 0 Å². The maximum atomic E-state index is 13.3. The van der Waals surface area contributed by atoms with Crippen LogP contribution in [0.3, 0.4) is 0 Å². The standard InChI is InChI=1S/C20H27N5O2/c1-23-9-5-10-25-17(14-23)12-19(22-25)20(26)24(15-18-7-4-11-27-18)13-16-6-2-3-8-21-16/h2-3,6,8,12,18H,4-5,7,9-11,13-15H2,1H3/t18-/m0/s1. The number of amides is 1. The summed E-state index contributed by atoms with van der Waals surface area (Å²) in [5.74, 6) is -0.0422. The molecule has 2 aliphatic rings. The molecule has 1 atom stereocenters. The highest BCUT2D eigenvalue weighted by atomic mass is 16.5. The molecule has 144 valence electrons. The van der Waals surface area contributed by atoms with Crippen molar-refractivity contribution in [3.05, 3.63) is 47.5 Å². The van der Waals surface area contributed by atoms with Gasteiger partial charge in [-0.05, 0) is 44.5 Å². The molecule has 1 amide bonds. The van der Waals surface area contributed by atoms with Gasteiger partial charge in [0.05, 0.1) is 24.0 Å². The van der Waals surface area contributed by atoms with E-state index in [2.05, 4.69) is 22.0 Å².